The number of aromatic amines is 1. The first-order chi connectivity index (χ1) is 10.1. The van der Waals surface area contributed by atoms with Crippen molar-refractivity contribution in [2.75, 3.05) is 5.88 Å². The molecule has 110 valence electrons. The molecule has 0 aliphatic heterocycles. The minimum absolute atomic E-state index is 0.101. The van der Waals surface area contributed by atoms with E-state index in [4.69, 9.17) is 11.6 Å². The fourth-order valence-electron chi connectivity index (χ4n) is 2.06. The molecule has 0 aliphatic carbocycles. The predicted molar refractivity (Wildman–Crippen MR) is 83.9 cm³/mol. The van der Waals surface area contributed by atoms with Gasteiger partial charge in [-0.2, -0.15) is 0 Å². The highest BCUT2D eigenvalue weighted by Crippen LogP contribution is 2.05. The number of carbonyl (C=O) groups is 1. The lowest BCUT2D eigenvalue weighted by atomic mass is 10.1. The molecule has 21 heavy (non-hydrogen) atoms. The van der Waals surface area contributed by atoms with Crippen LogP contribution in [0.1, 0.15) is 21.6 Å². The third kappa shape index (κ3) is 4.20. The Hall–Kier alpha value is -2.07. The lowest BCUT2D eigenvalue weighted by Gasteiger charge is -2.16. The molecule has 0 spiro atoms. The molecule has 2 N–H and O–H groups in total. The van der Waals surface area contributed by atoms with Crippen molar-refractivity contribution in [2.45, 2.75) is 19.4 Å². The van der Waals surface area contributed by atoms with Crippen molar-refractivity contribution >= 4 is 17.5 Å². The Bertz CT molecular complexity index is 667. The molecule has 1 unspecified atom stereocenters. The minimum Gasteiger partial charge on any atom is -0.364 e. The van der Waals surface area contributed by atoms with E-state index < -0.39 is 5.91 Å². The van der Waals surface area contributed by atoms with Crippen LogP contribution < -0.4 is 10.7 Å². The SMILES string of the molecule is Cc1cc(=O)c(C(=O)NC(CCl)Cc2ccccc2)c[nH]1. The van der Waals surface area contributed by atoms with E-state index >= 15 is 0 Å². The summed E-state index contributed by atoms with van der Waals surface area (Å²) >= 11 is 5.91. The van der Waals surface area contributed by atoms with Gasteiger partial charge in [-0.05, 0) is 18.9 Å². The van der Waals surface area contributed by atoms with Crippen molar-refractivity contribution in [1.82, 2.24) is 10.3 Å². The maximum absolute atomic E-state index is 12.1. The Morgan fingerprint density at radius 2 is 2.05 bits per heavy atom. The van der Waals surface area contributed by atoms with Gasteiger partial charge in [0.1, 0.15) is 5.56 Å². The van der Waals surface area contributed by atoms with E-state index in [-0.39, 0.29) is 22.9 Å². The Labute approximate surface area is 128 Å². The quantitative estimate of drug-likeness (QED) is 0.832. The van der Waals surface area contributed by atoms with Gasteiger partial charge >= 0.3 is 0 Å². The molecule has 1 amide bonds. The fraction of sp³-hybridized carbons (Fsp3) is 0.250. The van der Waals surface area contributed by atoms with Crippen molar-refractivity contribution < 1.29 is 4.79 Å². The van der Waals surface area contributed by atoms with Gasteiger partial charge in [0.15, 0.2) is 5.43 Å². The number of hydrogen-bond acceptors (Lipinski definition) is 2. The highest BCUT2D eigenvalue weighted by Gasteiger charge is 2.16. The fourth-order valence-corrected chi connectivity index (χ4v) is 2.24. The number of carbonyl (C=O) groups excluding carboxylic acids is 1. The molecule has 5 heteroatoms. The van der Waals surface area contributed by atoms with E-state index in [1.54, 1.807) is 6.92 Å². The number of alkyl halides is 1. The summed E-state index contributed by atoms with van der Waals surface area (Å²) in [4.78, 5) is 26.8. The monoisotopic (exact) mass is 304 g/mol. The van der Waals surface area contributed by atoms with Crippen LogP contribution in [0.25, 0.3) is 0 Å². The van der Waals surface area contributed by atoms with Gasteiger partial charge in [0.25, 0.3) is 5.91 Å². The van der Waals surface area contributed by atoms with Gasteiger partial charge in [0.05, 0.1) is 0 Å². The second kappa shape index (κ2) is 7.09. The van der Waals surface area contributed by atoms with E-state index in [0.717, 1.165) is 11.3 Å². The van der Waals surface area contributed by atoms with Crippen LogP contribution >= 0.6 is 11.6 Å². The average Bonchev–Trinajstić information content (AvgIpc) is 2.47. The number of amides is 1. The van der Waals surface area contributed by atoms with Gasteiger partial charge in [-0.15, -0.1) is 11.6 Å². The molecule has 2 aromatic rings. The number of rotatable bonds is 5. The summed E-state index contributed by atoms with van der Waals surface area (Å²) in [7, 11) is 0. The summed E-state index contributed by atoms with van der Waals surface area (Å²) in [6, 6.07) is 10.9. The van der Waals surface area contributed by atoms with Crippen LogP contribution in [0, 0.1) is 6.92 Å². The molecule has 0 fully saturated rings. The molecule has 0 saturated carbocycles. The highest BCUT2D eigenvalue weighted by atomic mass is 35.5. The standard InChI is InChI=1S/C16H17ClN2O2/c1-11-7-15(20)14(10-18-11)16(21)19-13(9-17)8-12-5-3-2-4-6-12/h2-7,10,13H,8-9H2,1H3,(H,18,20)(H,19,21). The van der Waals surface area contributed by atoms with E-state index in [2.05, 4.69) is 10.3 Å². The van der Waals surface area contributed by atoms with E-state index in [1.165, 1.54) is 12.3 Å². The van der Waals surface area contributed by atoms with Gasteiger partial charge in [-0.3, -0.25) is 9.59 Å². The van der Waals surface area contributed by atoms with Gasteiger partial charge in [0, 0.05) is 29.9 Å². The summed E-state index contributed by atoms with van der Waals surface area (Å²) in [6.45, 7) is 1.76. The lowest BCUT2D eigenvalue weighted by Crippen LogP contribution is -2.39. The number of nitrogens with one attached hydrogen (secondary N) is 2. The molecule has 2 rings (SSSR count). The third-order valence-electron chi connectivity index (χ3n) is 3.15. The van der Waals surface area contributed by atoms with Crippen molar-refractivity contribution in [3.8, 4) is 0 Å². The summed E-state index contributed by atoms with van der Waals surface area (Å²) in [5.74, 6) is -0.123. The van der Waals surface area contributed by atoms with Gasteiger partial charge in [-0.25, -0.2) is 0 Å². The van der Waals surface area contributed by atoms with Crippen molar-refractivity contribution in [1.29, 1.82) is 0 Å². The maximum atomic E-state index is 12.1. The molecule has 0 aliphatic rings. The summed E-state index contributed by atoms with van der Waals surface area (Å²) < 4.78 is 0. The molecular formula is C16H17ClN2O2. The van der Waals surface area contributed by atoms with Crippen molar-refractivity contribution in [3.05, 3.63) is 69.6 Å². The smallest absolute Gasteiger partial charge is 0.257 e. The second-order valence-corrected chi connectivity index (χ2v) is 5.22. The summed E-state index contributed by atoms with van der Waals surface area (Å²) in [5, 5.41) is 2.80. The molecule has 4 nitrogen and oxygen atoms in total. The van der Waals surface area contributed by atoms with E-state index in [9.17, 15) is 9.59 Å². The maximum Gasteiger partial charge on any atom is 0.257 e. The first kappa shape index (κ1) is 15.3. The highest BCUT2D eigenvalue weighted by molar-refractivity contribution is 6.18. The Balaban J connectivity index is 2.07. The van der Waals surface area contributed by atoms with E-state index in [1.807, 2.05) is 30.3 Å². The lowest BCUT2D eigenvalue weighted by molar-refractivity contribution is 0.0939. The number of benzene rings is 1. The zero-order valence-corrected chi connectivity index (χ0v) is 12.5. The number of aryl methyl sites for hydroxylation is 1. The normalized spacial score (nSPS) is 11.9. The molecule has 1 heterocycles. The van der Waals surface area contributed by atoms with Crippen LogP contribution in [0.15, 0.2) is 47.4 Å². The molecule has 1 atom stereocenters. The molecule has 1 aromatic carbocycles. The summed E-state index contributed by atoms with van der Waals surface area (Å²) in [5.41, 5.74) is 1.61. The Kier molecular flexibility index (Phi) is 5.17. The molecule has 0 bridgehead atoms. The predicted octanol–water partition coefficient (Wildman–Crippen LogP) is 2.26. The molecular weight excluding hydrogens is 288 g/mol. The minimum atomic E-state index is -0.405. The first-order valence-electron chi connectivity index (χ1n) is 6.70. The second-order valence-electron chi connectivity index (χ2n) is 4.91. The van der Waals surface area contributed by atoms with Crippen LogP contribution in [0.2, 0.25) is 0 Å². The third-order valence-corrected chi connectivity index (χ3v) is 3.52. The van der Waals surface area contributed by atoms with Crippen LogP contribution in [-0.2, 0) is 6.42 Å². The molecule has 0 radical (unpaired) electrons. The average molecular weight is 305 g/mol. The van der Waals surface area contributed by atoms with Gasteiger partial charge < -0.3 is 10.3 Å². The van der Waals surface area contributed by atoms with Crippen LogP contribution in [-0.4, -0.2) is 22.8 Å². The zero-order valence-electron chi connectivity index (χ0n) is 11.7. The zero-order chi connectivity index (χ0) is 15.2. The number of halogens is 1. The topological polar surface area (TPSA) is 62.0 Å². The van der Waals surface area contributed by atoms with Gasteiger partial charge in [-0.1, -0.05) is 30.3 Å². The molecule has 1 aromatic heterocycles. The Morgan fingerprint density at radius 3 is 2.67 bits per heavy atom. The number of aromatic nitrogens is 1. The number of hydrogen-bond donors (Lipinski definition) is 2. The van der Waals surface area contributed by atoms with Crippen molar-refractivity contribution in [3.63, 3.8) is 0 Å². The van der Waals surface area contributed by atoms with Crippen molar-refractivity contribution in [2.24, 2.45) is 0 Å². The van der Waals surface area contributed by atoms with E-state index in [0.29, 0.717) is 6.42 Å². The van der Waals surface area contributed by atoms with Gasteiger partial charge in [0.2, 0.25) is 0 Å². The largest absolute Gasteiger partial charge is 0.364 e. The van der Waals surface area contributed by atoms with Crippen LogP contribution in [0.3, 0.4) is 0 Å². The Morgan fingerprint density at radius 1 is 1.33 bits per heavy atom. The number of H-pyrrole nitrogens is 1. The summed E-state index contributed by atoms with van der Waals surface area (Å²) in [6.07, 6.45) is 2.06. The first-order valence-corrected chi connectivity index (χ1v) is 7.23. The van der Waals surface area contributed by atoms with Crippen LogP contribution in [0.5, 0.6) is 0 Å². The molecule has 0 saturated heterocycles. The number of pyridine rings is 1. The van der Waals surface area contributed by atoms with Crippen LogP contribution in [0.4, 0.5) is 0 Å².